The molecule has 2 aromatic carbocycles. The number of amides is 1. The van der Waals surface area contributed by atoms with Crippen LogP contribution in [0.15, 0.2) is 30.3 Å². The van der Waals surface area contributed by atoms with Crippen LogP contribution in [0, 0.1) is 6.92 Å². The van der Waals surface area contributed by atoms with Crippen LogP contribution in [0.2, 0.25) is 0 Å². The zero-order valence-corrected chi connectivity index (χ0v) is 16.3. The zero-order valence-electron chi connectivity index (χ0n) is 14.4. The van der Waals surface area contributed by atoms with Crippen molar-refractivity contribution in [3.63, 3.8) is 0 Å². The molecule has 1 amide bonds. The predicted octanol–water partition coefficient (Wildman–Crippen LogP) is 0.953. The molecule has 8 heteroatoms. The number of phenolic OH excluding ortho intramolecular Hbond substituents is 1. The minimum atomic E-state index is -5.48. The summed E-state index contributed by atoms with van der Waals surface area (Å²) in [5.41, 5.74) is 1.98. The van der Waals surface area contributed by atoms with Crippen molar-refractivity contribution < 1.29 is 21.8 Å². The third kappa shape index (κ3) is 4.07. The molecule has 2 rings (SSSR count). The van der Waals surface area contributed by atoms with Crippen LogP contribution in [-0.4, -0.2) is 47.5 Å². The molecule has 0 heterocycles. The van der Waals surface area contributed by atoms with Gasteiger partial charge in [-0.25, -0.2) is 0 Å². The Morgan fingerprint density at radius 2 is 1.72 bits per heavy atom. The first-order valence-electron chi connectivity index (χ1n) is 7.50. The SMILES string of the molecule is CC(=O)Nc1c(O)c(C)cc(-c2ccc(N(C)C)cc2)c1[As](=O)(O)O. The minimum absolute atomic E-state index is 0.230. The third-order valence-corrected chi connectivity index (χ3v) is 5.95. The molecule has 0 saturated heterocycles. The first-order valence-corrected chi connectivity index (χ1v) is 10.9. The molecule has 25 heavy (non-hydrogen) atoms. The van der Waals surface area contributed by atoms with Crippen molar-refractivity contribution >= 4 is 35.8 Å². The number of carbonyl (C=O) groups excluding carboxylic acids is 1. The van der Waals surface area contributed by atoms with Crippen LogP contribution in [0.3, 0.4) is 0 Å². The Labute approximate surface area is 148 Å². The van der Waals surface area contributed by atoms with Crippen molar-refractivity contribution in [1.82, 2.24) is 0 Å². The topological polar surface area (TPSA) is 110 Å². The van der Waals surface area contributed by atoms with Gasteiger partial charge in [-0.15, -0.1) is 0 Å². The molecule has 0 aromatic heterocycles. The summed E-state index contributed by atoms with van der Waals surface area (Å²) < 4.78 is 31.6. The van der Waals surface area contributed by atoms with E-state index in [9.17, 15) is 21.8 Å². The van der Waals surface area contributed by atoms with Gasteiger partial charge in [0.2, 0.25) is 0 Å². The molecule has 0 saturated carbocycles. The van der Waals surface area contributed by atoms with E-state index in [1.807, 2.05) is 31.1 Å². The Morgan fingerprint density at radius 3 is 2.16 bits per heavy atom. The second kappa shape index (κ2) is 6.96. The molecule has 0 aliphatic carbocycles. The molecule has 4 N–H and O–H groups in total. The van der Waals surface area contributed by atoms with Gasteiger partial charge in [-0.05, 0) is 0 Å². The van der Waals surface area contributed by atoms with Gasteiger partial charge in [0.05, 0.1) is 0 Å². The molecule has 0 unspecified atom stereocenters. The molecule has 0 atom stereocenters. The molecule has 0 aliphatic rings. The fourth-order valence-corrected chi connectivity index (χ4v) is 4.57. The van der Waals surface area contributed by atoms with E-state index in [4.69, 9.17) is 0 Å². The van der Waals surface area contributed by atoms with Gasteiger partial charge in [0.15, 0.2) is 0 Å². The van der Waals surface area contributed by atoms with Crippen LogP contribution in [-0.2, 0) is 8.53 Å². The van der Waals surface area contributed by atoms with Gasteiger partial charge in [0.25, 0.3) is 0 Å². The van der Waals surface area contributed by atoms with Gasteiger partial charge < -0.3 is 0 Å². The van der Waals surface area contributed by atoms with Crippen molar-refractivity contribution in [2.45, 2.75) is 13.8 Å². The Hall–Kier alpha value is -2.21. The van der Waals surface area contributed by atoms with E-state index < -0.39 is 20.1 Å². The van der Waals surface area contributed by atoms with Crippen molar-refractivity contribution in [2.24, 2.45) is 0 Å². The maximum atomic E-state index is 12.2. The van der Waals surface area contributed by atoms with Gasteiger partial charge >= 0.3 is 149 Å². The van der Waals surface area contributed by atoms with Gasteiger partial charge in [-0.1, -0.05) is 0 Å². The molecule has 0 aliphatic heterocycles. The standard InChI is InChI=1S/C17H21AsN2O5/c1-10-9-14(12-5-7-13(8-6-12)20(3)4)15(18(23,24)25)16(17(10)22)19-11(2)21/h5-9,22H,1-4H3,(H,19,21)(H2,23,24,25). The number of nitrogens with one attached hydrogen (secondary N) is 1. The number of hydrogen-bond donors (Lipinski definition) is 4. The van der Waals surface area contributed by atoms with Crippen molar-refractivity contribution in [2.75, 3.05) is 24.3 Å². The van der Waals surface area contributed by atoms with Gasteiger partial charge in [0.1, 0.15) is 0 Å². The Morgan fingerprint density at radius 1 is 1.16 bits per heavy atom. The normalized spacial score (nSPS) is 11.3. The van der Waals surface area contributed by atoms with E-state index in [-0.39, 0.29) is 21.4 Å². The Bertz CT molecular complexity index is 856. The van der Waals surface area contributed by atoms with Crippen LogP contribution in [0.5, 0.6) is 5.75 Å². The monoisotopic (exact) mass is 408 g/mol. The first-order chi connectivity index (χ1) is 11.5. The molecule has 0 spiro atoms. The number of phenols is 1. The van der Waals surface area contributed by atoms with E-state index in [0.717, 1.165) is 5.69 Å². The summed E-state index contributed by atoms with van der Waals surface area (Å²) in [6.45, 7) is 2.82. The second-order valence-corrected chi connectivity index (χ2v) is 9.20. The van der Waals surface area contributed by atoms with Gasteiger partial charge in [-0.3, -0.25) is 0 Å². The first kappa shape index (κ1) is 19.1. The summed E-state index contributed by atoms with van der Waals surface area (Å²) in [6, 6.07) is 8.65. The number of benzene rings is 2. The van der Waals surface area contributed by atoms with Gasteiger partial charge in [0, 0.05) is 0 Å². The number of nitrogens with zero attached hydrogens (tertiary/aromatic N) is 1. The summed E-state index contributed by atoms with van der Waals surface area (Å²) in [7, 11) is 3.78. The zero-order chi connectivity index (χ0) is 18.9. The number of rotatable bonds is 4. The average Bonchev–Trinajstić information content (AvgIpc) is 2.50. The Balaban J connectivity index is 2.78. The van der Waals surface area contributed by atoms with Crippen molar-refractivity contribution in [3.05, 3.63) is 35.9 Å². The molecule has 134 valence electrons. The Kier molecular flexibility index (Phi) is 5.32. The van der Waals surface area contributed by atoms with E-state index in [1.54, 1.807) is 19.1 Å². The number of anilines is 2. The number of aromatic hydroxyl groups is 1. The summed E-state index contributed by atoms with van der Waals surface area (Å²) in [5, 5.41) is 12.6. The number of hydrogen-bond acceptors (Lipinski definition) is 4. The van der Waals surface area contributed by atoms with Gasteiger partial charge in [-0.2, -0.15) is 0 Å². The third-order valence-electron chi connectivity index (χ3n) is 3.75. The second-order valence-electron chi connectivity index (χ2n) is 5.98. The van der Waals surface area contributed by atoms with Crippen LogP contribution in [0.25, 0.3) is 11.1 Å². The molecule has 0 fully saturated rings. The molecular formula is C17H21AsN2O5. The van der Waals surface area contributed by atoms with E-state index >= 15 is 0 Å². The fraction of sp³-hybridized carbons (Fsp3) is 0.235. The van der Waals surface area contributed by atoms with Crippen LogP contribution in [0.1, 0.15) is 12.5 Å². The summed E-state index contributed by atoms with van der Waals surface area (Å²) in [5.74, 6) is -0.872. The van der Waals surface area contributed by atoms with E-state index in [2.05, 4.69) is 5.32 Å². The average molecular weight is 408 g/mol. The maximum absolute atomic E-state index is 12.2. The predicted molar refractivity (Wildman–Crippen MR) is 97.4 cm³/mol. The molecule has 0 radical (unpaired) electrons. The van der Waals surface area contributed by atoms with E-state index in [1.165, 1.54) is 13.0 Å². The molecular weight excluding hydrogens is 387 g/mol. The summed E-state index contributed by atoms with van der Waals surface area (Å²) in [6.07, 6.45) is 0. The molecule has 2 aromatic rings. The number of carbonyl (C=O) groups is 1. The van der Waals surface area contributed by atoms with Crippen LogP contribution in [0.4, 0.5) is 11.4 Å². The van der Waals surface area contributed by atoms with Crippen molar-refractivity contribution in [3.8, 4) is 16.9 Å². The van der Waals surface area contributed by atoms with Crippen molar-refractivity contribution in [1.29, 1.82) is 0 Å². The van der Waals surface area contributed by atoms with E-state index in [0.29, 0.717) is 11.1 Å². The quantitative estimate of drug-likeness (QED) is 0.443. The fourth-order valence-electron chi connectivity index (χ4n) is 2.55. The summed E-state index contributed by atoms with van der Waals surface area (Å²) >= 11 is -5.48. The molecule has 7 nitrogen and oxygen atoms in total. The molecule has 0 bridgehead atoms. The number of aryl methyl sites for hydroxylation is 1. The van der Waals surface area contributed by atoms with Crippen LogP contribution < -0.4 is 14.6 Å². The summed E-state index contributed by atoms with van der Waals surface area (Å²) in [4.78, 5) is 13.4. The van der Waals surface area contributed by atoms with Crippen LogP contribution >= 0.6 is 0 Å².